The monoisotopic (exact) mass is 272 g/mol. The molecule has 20 heavy (non-hydrogen) atoms. The second kappa shape index (κ2) is 6.23. The van der Waals surface area contributed by atoms with E-state index >= 15 is 0 Å². The molecule has 0 aliphatic heterocycles. The first kappa shape index (κ1) is 14.1. The van der Waals surface area contributed by atoms with E-state index in [1.54, 1.807) is 0 Å². The Bertz CT molecular complexity index is 598. The van der Waals surface area contributed by atoms with Gasteiger partial charge < -0.3 is 15.8 Å². The molecule has 0 atom stereocenters. The fourth-order valence-electron chi connectivity index (χ4n) is 1.87. The van der Waals surface area contributed by atoms with Gasteiger partial charge >= 0.3 is 0 Å². The predicted molar refractivity (Wildman–Crippen MR) is 81.1 cm³/mol. The van der Waals surface area contributed by atoms with Crippen molar-refractivity contribution in [1.29, 1.82) is 0 Å². The summed E-state index contributed by atoms with van der Waals surface area (Å²) in [6.45, 7) is 6.99. The summed E-state index contributed by atoms with van der Waals surface area (Å²) in [5, 5.41) is 3.22. The van der Waals surface area contributed by atoms with E-state index in [0.29, 0.717) is 24.8 Å². The van der Waals surface area contributed by atoms with E-state index < -0.39 is 0 Å². The maximum Gasteiger partial charge on any atom is 0.134 e. The van der Waals surface area contributed by atoms with Crippen molar-refractivity contribution < 1.29 is 4.74 Å². The summed E-state index contributed by atoms with van der Waals surface area (Å²) in [7, 11) is 0. The van der Waals surface area contributed by atoms with Gasteiger partial charge in [0, 0.05) is 5.56 Å². The molecule has 0 aliphatic rings. The normalized spacial score (nSPS) is 10.3. The molecule has 0 spiro atoms. The zero-order valence-electron chi connectivity index (χ0n) is 12.1. The minimum Gasteiger partial charge on any atom is -0.492 e. The number of hydrogen-bond acceptors (Lipinski definition) is 5. The lowest BCUT2D eigenvalue weighted by Gasteiger charge is -2.11. The highest BCUT2D eigenvalue weighted by Gasteiger charge is 2.05. The summed E-state index contributed by atoms with van der Waals surface area (Å²) in [6, 6.07) is 7.99. The van der Waals surface area contributed by atoms with E-state index in [9.17, 15) is 0 Å². The third-order valence-electron chi connectivity index (χ3n) is 2.95. The molecule has 0 unspecified atom stereocenters. The number of rotatable bonds is 5. The molecule has 0 fully saturated rings. The number of aromatic nitrogens is 2. The van der Waals surface area contributed by atoms with Crippen LogP contribution in [0.4, 0.5) is 11.6 Å². The number of anilines is 2. The van der Waals surface area contributed by atoms with Crippen molar-refractivity contribution in [2.45, 2.75) is 20.8 Å². The minimum atomic E-state index is 0.514. The van der Waals surface area contributed by atoms with E-state index in [0.717, 1.165) is 17.1 Å². The van der Waals surface area contributed by atoms with Crippen molar-refractivity contribution in [3.63, 3.8) is 0 Å². The molecule has 0 aliphatic carbocycles. The van der Waals surface area contributed by atoms with Crippen LogP contribution in [0.2, 0.25) is 0 Å². The average molecular weight is 272 g/mol. The molecule has 5 heteroatoms. The lowest BCUT2D eigenvalue weighted by Crippen LogP contribution is -2.14. The van der Waals surface area contributed by atoms with Gasteiger partial charge in [-0.3, -0.25) is 0 Å². The van der Waals surface area contributed by atoms with Crippen LogP contribution in [0.15, 0.2) is 24.3 Å². The van der Waals surface area contributed by atoms with Crippen molar-refractivity contribution in [1.82, 2.24) is 9.97 Å². The SMILES string of the molecule is Cc1cccc(OCCNc2nc(C)nc(N)c2C)c1. The number of nitrogens with one attached hydrogen (secondary N) is 1. The molecule has 5 nitrogen and oxygen atoms in total. The highest BCUT2D eigenvalue weighted by atomic mass is 16.5. The van der Waals surface area contributed by atoms with Crippen LogP contribution in [-0.4, -0.2) is 23.1 Å². The van der Waals surface area contributed by atoms with Gasteiger partial charge in [-0.15, -0.1) is 0 Å². The highest BCUT2D eigenvalue weighted by Crippen LogP contribution is 2.16. The second-order valence-corrected chi connectivity index (χ2v) is 4.72. The summed E-state index contributed by atoms with van der Waals surface area (Å²) in [6.07, 6.45) is 0. The Labute approximate surface area is 119 Å². The van der Waals surface area contributed by atoms with Gasteiger partial charge in [-0.1, -0.05) is 12.1 Å². The van der Waals surface area contributed by atoms with Crippen molar-refractivity contribution in [2.24, 2.45) is 0 Å². The fraction of sp³-hybridized carbons (Fsp3) is 0.333. The third kappa shape index (κ3) is 3.60. The van der Waals surface area contributed by atoms with Crippen LogP contribution in [0.25, 0.3) is 0 Å². The van der Waals surface area contributed by atoms with Gasteiger partial charge in [-0.25, -0.2) is 9.97 Å². The number of benzene rings is 1. The van der Waals surface area contributed by atoms with E-state index in [2.05, 4.69) is 15.3 Å². The zero-order chi connectivity index (χ0) is 14.5. The summed E-state index contributed by atoms with van der Waals surface area (Å²) in [5.41, 5.74) is 7.86. The summed E-state index contributed by atoms with van der Waals surface area (Å²) in [4.78, 5) is 8.45. The Balaban J connectivity index is 1.87. The molecule has 1 heterocycles. The number of nitrogens with two attached hydrogens (primary N) is 1. The minimum absolute atomic E-state index is 0.514. The smallest absolute Gasteiger partial charge is 0.134 e. The van der Waals surface area contributed by atoms with Crippen molar-refractivity contribution in [3.05, 3.63) is 41.2 Å². The molecule has 106 valence electrons. The number of hydrogen-bond donors (Lipinski definition) is 2. The van der Waals surface area contributed by atoms with Crippen LogP contribution in [0.3, 0.4) is 0 Å². The van der Waals surface area contributed by atoms with Crippen LogP contribution >= 0.6 is 0 Å². The van der Waals surface area contributed by atoms with E-state index in [1.165, 1.54) is 5.56 Å². The van der Waals surface area contributed by atoms with E-state index in [4.69, 9.17) is 10.5 Å². The van der Waals surface area contributed by atoms with E-state index in [1.807, 2.05) is 45.0 Å². The second-order valence-electron chi connectivity index (χ2n) is 4.72. The van der Waals surface area contributed by atoms with Gasteiger partial charge in [0.2, 0.25) is 0 Å². The maximum atomic E-state index is 5.81. The van der Waals surface area contributed by atoms with Gasteiger partial charge in [0.15, 0.2) is 0 Å². The van der Waals surface area contributed by atoms with Gasteiger partial charge in [0.05, 0.1) is 6.54 Å². The van der Waals surface area contributed by atoms with Crippen molar-refractivity contribution >= 4 is 11.6 Å². The first-order chi connectivity index (χ1) is 9.56. The van der Waals surface area contributed by atoms with Gasteiger partial charge in [-0.05, 0) is 38.5 Å². The Morgan fingerprint density at radius 1 is 1.20 bits per heavy atom. The molecule has 1 aromatic carbocycles. The Morgan fingerprint density at radius 3 is 2.75 bits per heavy atom. The lowest BCUT2D eigenvalue weighted by atomic mass is 10.2. The number of nitrogen functional groups attached to an aromatic ring is 1. The van der Waals surface area contributed by atoms with Gasteiger partial charge in [0.25, 0.3) is 0 Å². The molecule has 0 saturated carbocycles. The summed E-state index contributed by atoms with van der Waals surface area (Å²) in [5.74, 6) is 2.82. The maximum absolute atomic E-state index is 5.81. The molecule has 2 aromatic rings. The fourth-order valence-corrected chi connectivity index (χ4v) is 1.87. The average Bonchev–Trinajstić information content (AvgIpc) is 2.40. The van der Waals surface area contributed by atoms with Gasteiger partial charge in [0.1, 0.15) is 29.8 Å². The van der Waals surface area contributed by atoms with Crippen LogP contribution in [0.5, 0.6) is 5.75 Å². The molecule has 0 bridgehead atoms. The molecule has 1 aromatic heterocycles. The summed E-state index contributed by atoms with van der Waals surface area (Å²) < 4.78 is 5.67. The molecule has 0 saturated heterocycles. The molecular weight excluding hydrogens is 252 g/mol. The first-order valence-electron chi connectivity index (χ1n) is 6.60. The lowest BCUT2D eigenvalue weighted by molar-refractivity contribution is 0.332. The Morgan fingerprint density at radius 2 is 2.00 bits per heavy atom. The van der Waals surface area contributed by atoms with Crippen molar-refractivity contribution in [3.8, 4) is 5.75 Å². The van der Waals surface area contributed by atoms with Crippen LogP contribution < -0.4 is 15.8 Å². The van der Waals surface area contributed by atoms with E-state index in [-0.39, 0.29) is 0 Å². The molecule has 0 amide bonds. The molecule has 2 rings (SSSR count). The van der Waals surface area contributed by atoms with Crippen LogP contribution in [0.1, 0.15) is 17.0 Å². The summed E-state index contributed by atoms with van der Waals surface area (Å²) >= 11 is 0. The van der Waals surface area contributed by atoms with Crippen LogP contribution in [0, 0.1) is 20.8 Å². The Kier molecular flexibility index (Phi) is 4.40. The molecule has 0 radical (unpaired) electrons. The molecular formula is C15H20N4O. The first-order valence-corrected chi connectivity index (χ1v) is 6.60. The molecule has 3 N–H and O–H groups in total. The topological polar surface area (TPSA) is 73.1 Å². The number of nitrogens with zero attached hydrogens (tertiary/aromatic N) is 2. The number of aryl methyl sites for hydroxylation is 2. The Hall–Kier alpha value is -2.30. The van der Waals surface area contributed by atoms with Crippen molar-refractivity contribution in [2.75, 3.05) is 24.2 Å². The number of ether oxygens (including phenoxy) is 1. The zero-order valence-corrected chi connectivity index (χ0v) is 12.1. The predicted octanol–water partition coefficient (Wildman–Crippen LogP) is 2.47. The third-order valence-corrected chi connectivity index (χ3v) is 2.95. The standard InChI is InChI=1S/C15H20N4O/c1-10-5-4-6-13(9-10)20-8-7-17-15-11(2)14(16)18-12(3)19-15/h4-6,9H,7-8H2,1-3H3,(H3,16,17,18,19). The van der Waals surface area contributed by atoms with Gasteiger partial charge in [-0.2, -0.15) is 0 Å². The quantitative estimate of drug-likeness (QED) is 0.818. The largest absolute Gasteiger partial charge is 0.492 e. The highest BCUT2D eigenvalue weighted by molar-refractivity contribution is 5.54. The van der Waals surface area contributed by atoms with Crippen LogP contribution in [-0.2, 0) is 0 Å².